The second-order valence-corrected chi connectivity index (χ2v) is 6.84. The minimum absolute atomic E-state index is 0.320. The van der Waals surface area contributed by atoms with Crippen molar-refractivity contribution < 1.29 is 4.74 Å². The molecular weight excluding hydrogens is 342 g/mol. The van der Waals surface area contributed by atoms with Gasteiger partial charge in [0.25, 0.3) is 0 Å². The first kappa shape index (κ1) is 12.0. The van der Waals surface area contributed by atoms with Crippen LogP contribution < -0.4 is 5.32 Å². The third kappa shape index (κ3) is 2.64. The van der Waals surface area contributed by atoms with Crippen LogP contribution in [0.2, 0.25) is 0 Å². The predicted molar refractivity (Wildman–Crippen MR) is 70.5 cm³/mol. The van der Waals surface area contributed by atoms with E-state index in [1.165, 1.54) is 11.3 Å². The number of thiophene rings is 1. The molecule has 1 aliphatic rings. The van der Waals surface area contributed by atoms with Crippen molar-refractivity contribution in [3.8, 4) is 0 Å². The normalized spacial score (nSPS) is 23.3. The molecule has 2 rings (SSSR count). The topological polar surface area (TPSA) is 21.3 Å². The van der Waals surface area contributed by atoms with E-state index >= 15 is 0 Å². The Labute approximate surface area is 111 Å². The van der Waals surface area contributed by atoms with E-state index in [1.54, 1.807) is 11.3 Å². The molecule has 5 heteroatoms. The quantitative estimate of drug-likeness (QED) is 0.893. The van der Waals surface area contributed by atoms with Gasteiger partial charge in [0, 0.05) is 16.0 Å². The summed E-state index contributed by atoms with van der Waals surface area (Å²) in [6.45, 7) is 0.899. The number of rotatable bonds is 3. The Bertz CT molecular complexity index is 317. The smallest absolute Gasteiger partial charge is 0.0843 e. The van der Waals surface area contributed by atoms with Crippen LogP contribution in [-0.4, -0.2) is 19.8 Å². The number of hydrogen-bond acceptors (Lipinski definition) is 3. The largest absolute Gasteiger partial charge is 0.376 e. The van der Waals surface area contributed by atoms with Crippen LogP contribution >= 0.6 is 43.2 Å². The van der Waals surface area contributed by atoms with Gasteiger partial charge in [0.2, 0.25) is 0 Å². The van der Waals surface area contributed by atoms with Gasteiger partial charge in [-0.1, -0.05) is 0 Å². The van der Waals surface area contributed by atoms with Crippen LogP contribution in [0.1, 0.15) is 23.8 Å². The average Bonchev–Trinajstić information content (AvgIpc) is 2.80. The first-order valence-corrected chi connectivity index (χ1v) is 7.36. The number of ether oxygens (including phenoxy) is 1. The summed E-state index contributed by atoms with van der Waals surface area (Å²) in [6, 6.07) is 2.48. The highest BCUT2D eigenvalue weighted by atomic mass is 79.9. The second kappa shape index (κ2) is 5.27. The molecule has 15 heavy (non-hydrogen) atoms. The fourth-order valence-corrected chi connectivity index (χ4v) is 4.15. The summed E-state index contributed by atoms with van der Waals surface area (Å²) >= 11 is 8.80. The van der Waals surface area contributed by atoms with Crippen molar-refractivity contribution in [1.82, 2.24) is 5.32 Å². The van der Waals surface area contributed by atoms with Crippen molar-refractivity contribution in [3.05, 3.63) is 19.2 Å². The van der Waals surface area contributed by atoms with Crippen molar-refractivity contribution in [2.24, 2.45) is 0 Å². The molecule has 1 aromatic rings. The SMILES string of the molecule is CNC(c1cc(Br)c(Br)s1)C1CCCO1. The molecule has 2 atom stereocenters. The van der Waals surface area contributed by atoms with E-state index in [1.807, 2.05) is 7.05 Å². The summed E-state index contributed by atoms with van der Waals surface area (Å²) in [7, 11) is 1.99. The van der Waals surface area contributed by atoms with Crippen molar-refractivity contribution in [3.63, 3.8) is 0 Å². The highest BCUT2D eigenvalue weighted by Crippen LogP contribution is 2.38. The Morgan fingerprint density at radius 2 is 2.40 bits per heavy atom. The predicted octanol–water partition coefficient (Wildman–Crippen LogP) is 3.71. The van der Waals surface area contributed by atoms with E-state index in [0.717, 1.165) is 21.3 Å². The maximum atomic E-state index is 5.72. The Morgan fingerprint density at radius 3 is 2.87 bits per heavy atom. The van der Waals surface area contributed by atoms with E-state index in [4.69, 9.17) is 4.74 Å². The first-order valence-electron chi connectivity index (χ1n) is 4.96. The van der Waals surface area contributed by atoms with Crippen molar-refractivity contribution in [2.45, 2.75) is 25.0 Å². The number of likely N-dealkylation sites (N-methyl/N-ethyl adjacent to an activating group) is 1. The molecule has 1 aliphatic heterocycles. The van der Waals surface area contributed by atoms with Gasteiger partial charge in [-0.3, -0.25) is 0 Å². The van der Waals surface area contributed by atoms with Crippen molar-refractivity contribution in [1.29, 1.82) is 0 Å². The molecular formula is C10H13Br2NOS. The van der Waals surface area contributed by atoms with Gasteiger partial charge in [0.05, 0.1) is 15.9 Å². The van der Waals surface area contributed by atoms with Gasteiger partial charge in [0.1, 0.15) is 0 Å². The molecule has 2 unspecified atom stereocenters. The Kier molecular flexibility index (Phi) is 4.24. The molecule has 0 aliphatic carbocycles. The molecule has 2 nitrogen and oxygen atoms in total. The first-order chi connectivity index (χ1) is 7.22. The molecule has 0 radical (unpaired) electrons. The van der Waals surface area contributed by atoms with Gasteiger partial charge in [0.15, 0.2) is 0 Å². The summed E-state index contributed by atoms with van der Waals surface area (Å²) in [4.78, 5) is 1.32. The van der Waals surface area contributed by atoms with Crippen LogP contribution in [0, 0.1) is 0 Å². The van der Waals surface area contributed by atoms with Crippen LogP contribution in [0.15, 0.2) is 14.3 Å². The monoisotopic (exact) mass is 353 g/mol. The molecule has 1 aromatic heterocycles. The lowest BCUT2D eigenvalue weighted by atomic mass is 10.1. The summed E-state index contributed by atoms with van der Waals surface area (Å²) in [5, 5.41) is 3.34. The lowest BCUT2D eigenvalue weighted by molar-refractivity contribution is 0.0818. The maximum absolute atomic E-state index is 5.72. The van der Waals surface area contributed by atoms with Crippen LogP contribution in [0.4, 0.5) is 0 Å². The zero-order chi connectivity index (χ0) is 10.8. The zero-order valence-corrected chi connectivity index (χ0v) is 12.4. The number of nitrogens with one attached hydrogen (secondary N) is 1. The molecule has 1 fully saturated rings. The van der Waals surface area contributed by atoms with Crippen LogP contribution in [0.5, 0.6) is 0 Å². The third-order valence-corrected chi connectivity index (χ3v) is 5.96. The fraction of sp³-hybridized carbons (Fsp3) is 0.600. The zero-order valence-electron chi connectivity index (χ0n) is 8.43. The highest BCUT2D eigenvalue weighted by molar-refractivity contribution is 9.13. The molecule has 2 heterocycles. The summed E-state index contributed by atoms with van der Waals surface area (Å²) in [6.07, 6.45) is 2.65. The summed E-state index contributed by atoms with van der Waals surface area (Å²) in [5.74, 6) is 0. The molecule has 0 spiro atoms. The van der Waals surface area contributed by atoms with Crippen molar-refractivity contribution >= 4 is 43.2 Å². The van der Waals surface area contributed by atoms with E-state index in [-0.39, 0.29) is 0 Å². The number of halogens is 2. The van der Waals surface area contributed by atoms with Gasteiger partial charge in [-0.15, -0.1) is 11.3 Å². The highest BCUT2D eigenvalue weighted by Gasteiger charge is 2.27. The van der Waals surface area contributed by atoms with Crippen molar-refractivity contribution in [2.75, 3.05) is 13.7 Å². The third-order valence-electron chi connectivity index (χ3n) is 2.62. The van der Waals surface area contributed by atoms with E-state index in [2.05, 4.69) is 43.2 Å². The standard InChI is InChI=1S/C10H13Br2NOS/c1-13-9(7-3-2-4-14-7)8-5-6(11)10(12)15-8/h5,7,9,13H,2-4H2,1H3. The summed E-state index contributed by atoms with van der Waals surface area (Å²) in [5.41, 5.74) is 0. The molecule has 0 saturated carbocycles. The van der Waals surface area contributed by atoms with Crippen LogP contribution in [0.25, 0.3) is 0 Å². The maximum Gasteiger partial charge on any atom is 0.0843 e. The Morgan fingerprint density at radius 1 is 1.60 bits per heavy atom. The summed E-state index contributed by atoms with van der Waals surface area (Å²) < 4.78 is 8.00. The molecule has 0 amide bonds. The van der Waals surface area contributed by atoms with E-state index in [0.29, 0.717) is 12.1 Å². The Balaban J connectivity index is 2.18. The van der Waals surface area contributed by atoms with Gasteiger partial charge in [-0.25, -0.2) is 0 Å². The van der Waals surface area contributed by atoms with Gasteiger partial charge >= 0.3 is 0 Å². The van der Waals surface area contributed by atoms with Gasteiger partial charge in [-0.05, 0) is 57.8 Å². The van der Waals surface area contributed by atoms with Crippen LogP contribution in [-0.2, 0) is 4.74 Å². The van der Waals surface area contributed by atoms with Gasteiger partial charge in [-0.2, -0.15) is 0 Å². The van der Waals surface area contributed by atoms with E-state index < -0.39 is 0 Å². The Hall–Kier alpha value is 0.580. The molecule has 84 valence electrons. The molecule has 0 bridgehead atoms. The fourth-order valence-electron chi connectivity index (χ4n) is 1.89. The minimum Gasteiger partial charge on any atom is -0.376 e. The van der Waals surface area contributed by atoms with E-state index in [9.17, 15) is 0 Å². The second-order valence-electron chi connectivity index (χ2n) is 3.59. The van der Waals surface area contributed by atoms with Crippen LogP contribution in [0.3, 0.4) is 0 Å². The minimum atomic E-state index is 0.320. The molecule has 0 aromatic carbocycles. The van der Waals surface area contributed by atoms with Gasteiger partial charge < -0.3 is 10.1 Å². The molecule has 1 saturated heterocycles. The molecule has 1 N–H and O–H groups in total. The average molecular weight is 355 g/mol. The number of hydrogen-bond donors (Lipinski definition) is 1. The lowest BCUT2D eigenvalue weighted by Crippen LogP contribution is -2.28. The lowest BCUT2D eigenvalue weighted by Gasteiger charge is -2.20.